The van der Waals surface area contributed by atoms with E-state index in [1.54, 1.807) is 44.6 Å². The van der Waals surface area contributed by atoms with Crippen molar-refractivity contribution in [2.45, 2.75) is 25.8 Å². The number of carbonyl (C=O) groups is 2. The van der Waals surface area contributed by atoms with Gasteiger partial charge in [-0.05, 0) is 54.7 Å². The summed E-state index contributed by atoms with van der Waals surface area (Å²) in [6, 6.07) is 9.35. The molecule has 0 spiro atoms. The van der Waals surface area contributed by atoms with Crippen molar-refractivity contribution in [2.75, 3.05) is 27.8 Å². The SMILES string of the molecule is COc1ccc(CNC(=O)C2(C(=O)N(C)CCc3ccncc3)CC2)cc1OC. The van der Waals surface area contributed by atoms with E-state index in [-0.39, 0.29) is 11.8 Å². The standard InChI is InChI=1S/C22H27N3O4/c1-25(13-8-16-6-11-23-12-7-16)21(27)22(9-10-22)20(26)24-15-17-4-5-18(28-2)19(14-17)29-3/h4-7,11-12,14H,8-10,13,15H2,1-3H3,(H,24,26). The van der Waals surface area contributed by atoms with Crippen LogP contribution in [-0.2, 0) is 22.6 Å². The summed E-state index contributed by atoms with van der Waals surface area (Å²) in [5.41, 5.74) is 1.07. The highest BCUT2D eigenvalue weighted by atomic mass is 16.5. The van der Waals surface area contributed by atoms with Gasteiger partial charge in [0.1, 0.15) is 5.41 Å². The average Bonchev–Trinajstić information content (AvgIpc) is 3.57. The van der Waals surface area contributed by atoms with Crippen LogP contribution in [0.2, 0.25) is 0 Å². The van der Waals surface area contributed by atoms with E-state index in [4.69, 9.17) is 9.47 Å². The van der Waals surface area contributed by atoms with Gasteiger partial charge in [-0.3, -0.25) is 14.6 Å². The lowest BCUT2D eigenvalue weighted by Gasteiger charge is -2.23. The maximum absolute atomic E-state index is 12.9. The van der Waals surface area contributed by atoms with Crippen molar-refractivity contribution in [3.63, 3.8) is 0 Å². The first-order valence-electron chi connectivity index (χ1n) is 9.64. The predicted octanol–water partition coefficient (Wildman–Crippen LogP) is 2.20. The first-order chi connectivity index (χ1) is 14.0. The number of ether oxygens (including phenoxy) is 2. The number of rotatable bonds is 9. The number of nitrogens with zero attached hydrogens (tertiary/aromatic N) is 2. The molecule has 7 nitrogen and oxygen atoms in total. The fourth-order valence-corrected chi connectivity index (χ4v) is 3.32. The summed E-state index contributed by atoms with van der Waals surface area (Å²) < 4.78 is 10.5. The first kappa shape index (κ1) is 20.6. The zero-order valence-corrected chi connectivity index (χ0v) is 17.1. The predicted molar refractivity (Wildman–Crippen MR) is 109 cm³/mol. The molecule has 1 fully saturated rings. The Morgan fingerprint density at radius 3 is 2.38 bits per heavy atom. The largest absolute Gasteiger partial charge is 0.493 e. The molecule has 0 unspecified atom stereocenters. The van der Waals surface area contributed by atoms with Crippen molar-refractivity contribution < 1.29 is 19.1 Å². The van der Waals surface area contributed by atoms with Gasteiger partial charge in [-0.2, -0.15) is 0 Å². The third kappa shape index (κ3) is 4.67. The fraction of sp³-hybridized carbons (Fsp3) is 0.409. The highest BCUT2D eigenvalue weighted by Gasteiger charge is 2.57. The normalized spacial score (nSPS) is 14.0. The van der Waals surface area contributed by atoms with E-state index >= 15 is 0 Å². The Labute approximate surface area is 171 Å². The molecule has 2 aromatic rings. The highest BCUT2D eigenvalue weighted by molar-refractivity contribution is 6.07. The Kier molecular flexibility index (Phi) is 6.36. The van der Waals surface area contributed by atoms with Gasteiger partial charge < -0.3 is 19.7 Å². The van der Waals surface area contributed by atoms with Crippen LogP contribution in [0, 0.1) is 5.41 Å². The molecule has 2 amide bonds. The van der Waals surface area contributed by atoms with Crippen LogP contribution in [0.4, 0.5) is 0 Å². The van der Waals surface area contributed by atoms with Gasteiger partial charge in [0.15, 0.2) is 11.5 Å². The lowest BCUT2D eigenvalue weighted by molar-refractivity contribution is -0.143. The van der Waals surface area contributed by atoms with Crippen LogP contribution in [0.3, 0.4) is 0 Å². The summed E-state index contributed by atoms with van der Waals surface area (Å²) in [6.45, 7) is 0.891. The average molecular weight is 397 g/mol. The van der Waals surface area contributed by atoms with E-state index in [2.05, 4.69) is 10.3 Å². The summed E-state index contributed by atoms with van der Waals surface area (Å²) in [5.74, 6) is 0.906. The zero-order chi connectivity index (χ0) is 20.9. The molecule has 1 N–H and O–H groups in total. The molecule has 154 valence electrons. The smallest absolute Gasteiger partial charge is 0.238 e. The monoisotopic (exact) mass is 397 g/mol. The molecule has 1 aliphatic carbocycles. The lowest BCUT2D eigenvalue weighted by atomic mass is 10.0. The Morgan fingerprint density at radius 2 is 1.76 bits per heavy atom. The fourth-order valence-electron chi connectivity index (χ4n) is 3.32. The second-order valence-corrected chi connectivity index (χ2v) is 7.29. The van der Waals surface area contributed by atoms with Gasteiger partial charge in [-0.1, -0.05) is 6.07 Å². The van der Waals surface area contributed by atoms with Gasteiger partial charge in [0.05, 0.1) is 14.2 Å². The first-order valence-corrected chi connectivity index (χ1v) is 9.64. The molecular weight excluding hydrogens is 370 g/mol. The zero-order valence-electron chi connectivity index (χ0n) is 17.1. The summed E-state index contributed by atoms with van der Waals surface area (Å²) in [5, 5.41) is 2.91. The molecule has 1 saturated carbocycles. The minimum atomic E-state index is -0.927. The van der Waals surface area contributed by atoms with Crippen molar-refractivity contribution in [3.05, 3.63) is 53.9 Å². The van der Waals surface area contributed by atoms with Gasteiger partial charge in [0, 0.05) is 32.5 Å². The van der Waals surface area contributed by atoms with Gasteiger partial charge in [0.2, 0.25) is 11.8 Å². The van der Waals surface area contributed by atoms with Gasteiger partial charge in [0.25, 0.3) is 0 Å². The van der Waals surface area contributed by atoms with E-state index in [9.17, 15) is 9.59 Å². The topological polar surface area (TPSA) is 80.8 Å². The number of nitrogens with one attached hydrogen (secondary N) is 1. The number of aromatic nitrogens is 1. The maximum Gasteiger partial charge on any atom is 0.238 e. The van der Waals surface area contributed by atoms with Crippen LogP contribution < -0.4 is 14.8 Å². The molecule has 0 saturated heterocycles. The molecule has 1 aliphatic rings. The molecule has 1 aromatic heterocycles. The third-order valence-electron chi connectivity index (χ3n) is 5.33. The van der Waals surface area contributed by atoms with E-state index in [1.807, 2.05) is 24.3 Å². The Balaban J connectivity index is 1.56. The van der Waals surface area contributed by atoms with Crippen molar-refractivity contribution >= 4 is 11.8 Å². The van der Waals surface area contributed by atoms with Crippen molar-refractivity contribution in [3.8, 4) is 11.5 Å². The number of likely N-dealkylation sites (N-methyl/N-ethyl adjacent to an activating group) is 1. The molecule has 1 heterocycles. The van der Waals surface area contributed by atoms with Crippen LogP contribution in [0.1, 0.15) is 24.0 Å². The summed E-state index contributed by atoms with van der Waals surface area (Å²) >= 11 is 0. The lowest BCUT2D eigenvalue weighted by Crippen LogP contribution is -2.44. The molecule has 0 radical (unpaired) electrons. The highest BCUT2D eigenvalue weighted by Crippen LogP contribution is 2.47. The van der Waals surface area contributed by atoms with E-state index in [0.717, 1.165) is 17.5 Å². The van der Waals surface area contributed by atoms with Crippen molar-refractivity contribution in [2.24, 2.45) is 5.41 Å². The van der Waals surface area contributed by atoms with Crippen LogP contribution in [0.15, 0.2) is 42.7 Å². The number of amides is 2. The maximum atomic E-state index is 12.9. The molecule has 7 heteroatoms. The van der Waals surface area contributed by atoms with Crippen LogP contribution in [-0.4, -0.2) is 49.5 Å². The van der Waals surface area contributed by atoms with Gasteiger partial charge in [-0.15, -0.1) is 0 Å². The molecule has 0 bridgehead atoms. The second-order valence-electron chi connectivity index (χ2n) is 7.29. The number of pyridine rings is 1. The minimum absolute atomic E-state index is 0.114. The van der Waals surface area contributed by atoms with Crippen LogP contribution >= 0.6 is 0 Å². The Bertz CT molecular complexity index is 866. The van der Waals surface area contributed by atoms with Gasteiger partial charge in [-0.25, -0.2) is 0 Å². The quantitative estimate of drug-likeness (QED) is 0.656. The number of hydrogen-bond acceptors (Lipinski definition) is 5. The minimum Gasteiger partial charge on any atom is -0.493 e. The number of hydrogen-bond donors (Lipinski definition) is 1. The molecule has 3 rings (SSSR count). The molecule has 29 heavy (non-hydrogen) atoms. The number of carbonyl (C=O) groups excluding carboxylic acids is 2. The van der Waals surface area contributed by atoms with Gasteiger partial charge >= 0.3 is 0 Å². The summed E-state index contributed by atoms with van der Waals surface area (Å²) in [4.78, 5) is 31.3. The Hall–Kier alpha value is -3.09. The summed E-state index contributed by atoms with van der Waals surface area (Å²) in [6.07, 6.45) is 5.38. The second kappa shape index (κ2) is 8.94. The molecule has 0 aliphatic heterocycles. The molecule has 1 aromatic carbocycles. The Morgan fingerprint density at radius 1 is 1.07 bits per heavy atom. The van der Waals surface area contributed by atoms with E-state index < -0.39 is 5.41 Å². The van der Waals surface area contributed by atoms with Crippen molar-refractivity contribution in [1.82, 2.24) is 15.2 Å². The summed E-state index contributed by atoms with van der Waals surface area (Å²) in [7, 11) is 4.90. The molecular formula is C22H27N3O4. The third-order valence-corrected chi connectivity index (χ3v) is 5.33. The van der Waals surface area contributed by atoms with Crippen LogP contribution in [0.25, 0.3) is 0 Å². The number of methoxy groups -OCH3 is 2. The number of benzene rings is 1. The van der Waals surface area contributed by atoms with E-state index in [1.165, 1.54) is 0 Å². The molecule has 0 atom stereocenters. The van der Waals surface area contributed by atoms with Crippen LogP contribution in [0.5, 0.6) is 11.5 Å². The van der Waals surface area contributed by atoms with Crippen molar-refractivity contribution in [1.29, 1.82) is 0 Å². The van der Waals surface area contributed by atoms with E-state index in [0.29, 0.717) is 37.4 Å².